The number of amides is 1. The molecule has 0 aliphatic heterocycles. The third-order valence-electron chi connectivity index (χ3n) is 4.34. The highest BCUT2D eigenvalue weighted by atomic mass is 19.4. The second-order valence-electron chi connectivity index (χ2n) is 6.76. The minimum Gasteiger partial charge on any atom is -0.435 e. The third-order valence-corrected chi connectivity index (χ3v) is 4.34. The van der Waals surface area contributed by atoms with Gasteiger partial charge >= 0.3 is 12.8 Å². The Hall–Kier alpha value is -4.08. The first-order valence-electron chi connectivity index (χ1n) is 9.26. The predicted molar refractivity (Wildman–Crippen MR) is 103 cm³/mol. The molecule has 8 nitrogen and oxygen atoms in total. The number of nitrogens with zero attached hydrogens (tertiary/aromatic N) is 5. The molecule has 33 heavy (non-hydrogen) atoms. The molecule has 0 saturated heterocycles. The number of hydrogen-bond acceptors (Lipinski definition) is 6. The number of pyridine rings is 1. The van der Waals surface area contributed by atoms with Gasteiger partial charge in [0.1, 0.15) is 17.6 Å². The molecule has 0 bridgehead atoms. The lowest BCUT2D eigenvalue weighted by atomic mass is 10.1. The van der Waals surface area contributed by atoms with Crippen molar-refractivity contribution in [2.75, 3.05) is 0 Å². The van der Waals surface area contributed by atoms with Crippen LogP contribution in [-0.4, -0.2) is 32.3 Å². The van der Waals surface area contributed by atoms with Gasteiger partial charge in [-0.2, -0.15) is 31.9 Å². The van der Waals surface area contributed by atoms with Gasteiger partial charge in [-0.05, 0) is 44.2 Å². The fourth-order valence-electron chi connectivity index (χ4n) is 2.80. The first kappa shape index (κ1) is 23.6. The largest absolute Gasteiger partial charge is 0.435 e. The average Bonchev–Trinajstić information content (AvgIpc) is 3.14. The van der Waals surface area contributed by atoms with Gasteiger partial charge in [-0.3, -0.25) is 4.79 Å². The number of aryl methyl sites for hydroxylation is 1. The number of halogens is 5. The van der Waals surface area contributed by atoms with Crippen LogP contribution in [0.4, 0.5) is 22.0 Å². The van der Waals surface area contributed by atoms with E-state index < -0.39 is 41.6 Å². The molecular formula is C20H15F5N6O2. The number of aromatic nitrogens is 4. The molecule has 0 aliphatic carbocycles. The fraction of sp³-hybridized carbons (Fsp3) is 0.250. The first-order valence-corrected chi connectivity index (χ1v) is 9.26. The monoisotopic (exact) mass is 466 g/mol. The quantitative estimate of drug-likeness (QED) is 0.552. The van der Waals surface area contributed by atoms with Gasteiger partial charge in [0.15, 0.2) is 11.6 Å². The highest BCUT2D eigenvalue weighted by Crippen LogP contribution is 2.33. The maximum Gasteiger partial charge on any atom is 0.416 e. The fourth-order valence-corrected chi connectivity index (χ4v) is 2.80. The summed E-state index contributed by atoms with van der Waals surface area (Å²) in [5.74, 6) is -0.894. The van der Waals surface area contributed by atoms with E-state index in [1.54, 1.807) is 13.0 Å². The van der Waals surface area contributed by atoms with Gasteiger partial charge in [0.2, 0.25) is 0 Å². The summed E-state index contributed by atoms with van der Waals surface area (Å²) in [6.07, 6.45) is -3.54. The van der Waals surface area contributed by atoms with Gasteiger partial charge in [-0.1, -0.05) is 0 Å². The summed E-state index contributed by atoms with van der Waals surface area (Å²) in [5, 5.41) is 15.5. The topological polar surface area (TPSA) is 106 Å². The Kier molecular flexibility index (Phi) is 6.57. The number of nitriles is 1. The number of hydrogen-bond donors (Lipinski definition) is 1. The van der Waals surface area contributed by atoms with Gasteiger partial charge in [-0.15, -0.1) is 5.10 Å². The van der Waals surface area contributed by atoms with E-state index in [9.17, 15) is 26.7 Å². The summed E-state index contributed by atoms with van der Waals surface area (Å²) in [4.78, 5) is 20.9. The Balaban J connectivity index is 1.84. The van der Waals surface area contributed by atoms with Crippen molar-refractivity contribution in [1.82, 2.24) is 25.1 Å². The van der Waals surface area contributed by atoms with Crippen molar-refractivity contribution in [2.24, 2.45) is 0 Å². The number of rotatable bonds is 6. The number of alkyl halides is 5. The van der Waals surface area contributed by atoms with E-state index in [1.165, 1.54) is 23.9 Å². The van der Waals surface area contributed by atoms with E-state index in [0.29, 0.717) is 29.3 Å². The SMILES string of the molecule is Cc1nc(C(C)NC(=O)c2cc(OC(F)F)cc(C(F)(F)F)c2)nn1-c1ccc(C#N)cn1. The molecule has 1 aromatic carbocycles. The Morgan fingerprint density at radius 1 is 1.24 bits per heavy atom. The van der Waals surface area contributed by atoms with Crippen molar-refractivity contribution >= 4 is 5.91 Å². The van der Waals surface area contributed by atoms with Crippen molar-refractivity contribution < 1.29 is 31.5 Å². The van der Waals surface area contributed by atoms with Gasteiger partial charge < -0.3 is 10.1 Å². The van der Waals surface area contributed by atoms with Gasteiger partial charge in [0, 0.05) is 11.8 Å². The first-order chi connectivity index (χ1) is 15.5. The van der Waals surface area contributed by atoms with Crippen LogP contribution >= 0.6 is 0 Å². The maximum absolute atomic E-state index is 13.1. The average molecular weight is 466 g/mol. The Morgan fingerprint density at radius 2 is 1.97 bits per heavy atom. The molecule has 1 atom stereocenters. The lowest BCUT2D eigenvalue weighted by Crippen LogP contribution is -2.28. The molecule has 3 aromatic rings. The van der Waals surface area contributed by atoms with Crippen LogP contribution in [0.5, 0.6) is 5.75 Å². The van der Waals surface area contributed by atoms with E-state index in [4.69, 9.17) is 5.26 Å². The summed E-state index contributed by atoms with van der Waals surface area (Å²) in [5.41, 5.74) is -1.51. The molecule has 172 valence electrons. The molecule has 0 aliphatic rings. The number of carbonyl (C=O) groups is 1. The van der Waals surface area contributed by atoms with Crippen molar-refractivity contribution in [1.29, 1.82) is 5.26 Å². The van der Waals surface area contributed by atoms with Gasteiger partial charge in [0.25, 0.3) is 5.91 Å². The molecule has 1 amide bonds. The number of benzene rings is 1. The van der Waals surface area contributed by atoms with Crippen molar-refractivity contribution in [3.63, 3.8) is 0 Å². The standard InChI is InChI=1S/C20H15F5N6O2/c1-10(17-29-11(2)31(30-17)16-4-3-12(8-26)9-27-16)28-18(32)13-5-14(20(23,24)25)7-15(6-13)33-19(21)22/h3-7,9-10,19H,1-2H3,(H,28,32). The Labute approximate surface area is 183 Å². The zero-order valence-corrected chi connectivity index (χ0v) is 17.1. The molecular weight excluding hydrogens is 451 g/mol. The highest BCUT2D eigenvalue weighted by molar-refractivity contribution is 5.95. The van der Waals surface area contributed by atoms with E-state index in [2.05, 4.69) is 25.1 Å². The molecule has 2 heterocycles. The Morgan fingerprint density at radius 3 is 2.55 bits per heavy atom. The zero-order valence-electron chi connectivity index (χ0n) is 17.1. The van der Waals surface area contributed by atoms with Crippen LogP contribution in [0, 0.1) is 18.3 Å². The maximum atomic E-state index is 13.1. The molecule has 13 heteroatoms. The summed E-state index contributed by atoms with van der Waals surface area (Å²) in [6, 6.07) is 5.83. The van der Waals surface area contributed by atoms with E-state index in [-0.39, 0.29) is 5.82 Å². The van der Waals surface area contributed by atoms with Crippen LogP contribution in [0.2, 0.25) is 0 Å². The summed E-state index contributed by atoms with van der Waals surface area (Å²) in [6.45, 7) is -0.255. The van der Waals surface area contributed by atoms with Gasteiger partial charge in [-0.25, -0.2) is 9.97 Å². The minimum absolute atomic E-state index is 0.128. The summed E-state index contributed by atoms with van der Waals surface area (Å²) < 4.78 is 69.7. The lowest BCUT2D eigenvalue weighted by molar-refractivity contribution is -0.138. The van der Waals surface area contributed by atoms with Crippen molar-refractivity contribution in [3.05, 3.63) is 64.9 Å². The summed E-state index contributed by atoms with van der Waals surface area (Å²) in [7, 11) is 0. The minimum atomic E-state index is -4.88. The molecule has 1 N–H and O–H groups in total. The molecule has 0 radical (unpaired) electrons. The van der Waals surface area contributed by atoms with Crippen LogP contribution in [0.25, 0.3) is 5.82 Å². The van der Waals surface area contributed by atoms with Gasteiger partial charge in [0.05, 0.1) is 17.2 Å². The second kappa shape index (κ2) is 9.19. The number of carbonyl (C=O) groups excluding carboxylic acids is 1. The van der Waals surface area contributed by atoms with Crippen LogP contribution in [-0.2, 0) is 6.18 Å². The van der Waals surface area contributed by atoms with E-state index >= 15 is 0 Å². The zero-order chi connectivity index (χ0) is 24.3. The molecule has 0 spiro atoms. The van der Waals surface area contributed by atoms with Crippen LogP contribution in [0.3, 0.4) is 0 Å². The predicted octanol–water partition coefficient (Wildman–Crippen LogP) is 3.95. The molecule has 3 rings (SSSR count). The van der Waals surface area contributed by atoms with Crippen LogP contribution in [0.15, 0.2) is 36.5 Å². The van der Waals surface area contributed by atoms with Crippen molar-refractivity contribution in [2.45, 2.75) is 32.7 Å². The second-order valence-corrected chi connectivity index (χ2v) is 6.76. The third kappa shape index (κ3) is 5.59. The van der Waals surface area contributed by atoms with E-state index in [1.807, 2.05) is 6.07 Å². The highest BCUT2D eigenvalue weighted by Gasteiger charge is 2.32. The summed E-state index contributed by atoms with van der Waals surface area (Å²) >= 11 is 0. The van der Waals surface area contributed by atoms with Crippen LogP contribution in [0.1, 0.15) is 46.1 Å². The molecule has 0 saturated carbocycles. The molecule has 2 aromatic heterocycles. The number of ether oxygens (including phenoxy) is 1. The van der Waals surface area contributed by atoms with Crippen molar-refractivity contribution in [3.8, 4) is 17.6 Å². The molecule has 1 unspecified atom stereocenters. The Bertz CT molecular complexity index is 1200. The smallest absolute Gasteiger partial charge is 0.416 e. The lowest BCUT2D eigenvalue weighted by Gasteiger charge is -2.14. The van der Waals surface area contributed by atoms with E-state index in [0.717, 1.165) is 6.07 Å². The normalized spacial score (nSPS) is 12.3. The number of nitrogens with one attached hydrogen (secondary N) is 1. The van der Waals surface area contributed by atoms with Crippen LogP contribution < -0.4 is 10.1 Å². The molecule has 0 fully saturated rings.